The van der Waals surface area contributed by atoms with Gasteiger partial charge in [0.1, 0.15) is 12.4 Å². The van der Waals surface area contributed by atoms with Crippen molar-refractivity contribution >= 4 is 10.0 Å². The third-order valence-corrected chi connectivity index (χ3v) is 5.37. The van der Waals surface area contributed by atoms with Crippen LogP contribution in [0, 0.1) is 23.6 Å². The summed E-state index contributed by atoms with van der Waals surface area (Å²) in [7, 11) is -3.70. The SMILES string of the molecule is CCN(CC1CC1)S(=O)(=O)c1ccc(F)cc1C#CCO. The third-order valence-electron chi connectivity index (χ3n) is 3.37. The molecule has 21 heavy (non-hydrogen) atoms. The van der Waals surface area contributed by atoms with E-state index in [1.807, 2.05) is 0 Å². The minimum absolute atomic E-state index is 0.00708. The monoisotopic (exact) mass is 311 g/mol. The van der Waals surface area contributed by atoms with E-state index in [1.54, 1.807) is 6.92 Å². The fourth-order valence-corrected chi connectivity index (χ4v) is 3.74. The maximum Gasteiger partial charge on any atom is 0.244 e. The number of hydrogen-bond acceptors (Lipinski definition) is 3. The maximum absolute atomic E-state index is 13.3. The molecule has 0 atom stereocenters. The van der Waals surface area contributed by atoms with E-state index in [9.17, 15) is 12.8 Å². The largest absolute Gasteiger partial charge is 0.384 e. The van der Waals surface area contributed by atoms with Crippen molar-refractivity contribution in [1.82, 2.24) is 4.31 Å². The van der Waals surface area contributed by atoms with Crippen LogP contribution in [0.15, 0.2) is 23.1 Å². The van der Waals surface area contributed by atoms with Gasteiger partial charge in [0.15, 0.2) is 0 Å². The van der Waals surface area contributed by atoms with Crippen molar-refractivity contribution in [3.63, 3.8) is 0 Å². The second-order valence-corrected chi connectivity index (χ2v) is 6.91. The van der Waals surface area contributed by atoms with Gasteiger partial charge in [-0.1, -0.05) is 18.8 Å². The summed E-state index contributed by atoms with van der Waals surface area (Å²) in [4.78, 5) is -0.00708. The summed E-state index contributed by atoms with van der Waals surface area (Å²) >= 11 is 0. The molecule has 6 heteroatoms. The molecule has 0 spiro atoms. The Hall–Kier alpha value is -1.42. The number of aliphatic hydroxyl groups is 1. The summed E-state index contributed by atoms with van der Waals surface area (Å²) in [6.45, 7) is 2.23. The number of benzene rings is 1. The molecule has 1 aromatic carbocycles. The molecule has 0 bridgehead atoms. The zero-order valence-corrected chi connectivity index (χ0v) is 12.7. The first kappa shape index (κ1) is 16.0. The second kappa shape index (κ2) is 6.56. The summed E-state index contributed by atoms with van der Waals surface area (Å²) < 4.78 is 40.1. The fraction of sp³-hybridized carbons (Fsp3) is 0.467. The van der Waals surface area contributed by atoms with Crippen molar-refractivity contribution in [2.45, 2.75) is 24.7 Å². The first-order valence-electron chi connectivity index (χ1n) is 6.88. The van der Waals surface area contributed by atoms with Crippen molar-refractivity contribution in [3.05, 3.63) is 29.6 Å². The molecule has 0 radical (unpaired) electrons. The lowest BCUT2D eigenvalue weighted by Gasteiger charge is -2.21. The highest BCUT2D eigenvalue weighted by Gasteiger charge is 2.31. The van der Waals surface area contributed by atoms with E-state index in [0.717, 1.165) is 25.0 Å². The molecule has 2 rings (SSSR count). The number of halogens is 1. The van der Waals surface area contributed by atoms with Crippen LogP contribution in [0.3, 0.4) is 0 Å². The summed E-state index contributed by atoms with van der Waals surface area (Å²) in [5, 5.41) is 8.75. The van der Waals surface area contributed by atoms with Gasteiger partial charge in [-0.15, -0.1) is 0 Å². The van der Waals surface area contributed by atoms with Gasteiger partial charge in [-0.2, -0.15) is 4.31 Å². The van der Waals surface area contributed by atoms with Crippen LogP contribution in [0.5, 0.6) is 0 Å². The average molecular weight is 311 g/mol. The zero-order chi connectivity index (χ0) is 15.5. The van der Waals surface area contributed by atoms with Gasteiger partial charge in [0.05, 0.1) is 4.90 Å². The molecule has 0 amide bonds. The molecule has 0 heterocycles. The maximum atomic E-state index is 13.3. The van der Waals surface area contributed by atoms with Gasteiger partial charge in [0.25, 0.3) is 0 Å². The van der Waals surface area contributed by atoms with Crippen LogP contribution in [0.2, 0.25) is 0 Å². The first-order valence-corrected chi connectivity index (χ1v) is 8.32. The Morgan fingerprint density at radius 2 is 2.14 bits per heavy atom. The van der Waals surface area contributed by atoms with Gasteiger partial charge in [0, 0.05) is 18.7 Å². The third kappa shape index (κ3) is 3.82. The Labute approximate surface area is 124 Å². The fourth-order valence-electron chi connectivity index (χ4n) is 2.08. The van der Waals surface area contributed by atoms with Gasteiger partial charge >= 0.3 is 0 Å². The van der Waals surface area contributed by atoms with E-state index in [4.69, 9.17) is 5.11 Å². The highest BCUT2D eigenvalue weighted by molar-refractivity contribution is 7.89. The predicted molar refractivity (Wildman–Crippen MR) is 77.5 cm³/mol. The molecular formula is C15H18FNO3S. The van der Waals surface area contributed by atoms with Gasteiger partial charge in [-0.25, -0.2) is 12.8 Å². The molecule has 4 nitrogen and oxygen atoms in total. The van der Waals surface area contributed by atoms with Crippen LogP contribution in [0.4, 0.5) is 4.39 Å². The number of nitrogens with zero attached hydrogens (tertiary/aromatic N) is 1. The number of aliphatic hydroxyl groups excluding tert-OH is 1. The molecule has 0 aliphatic heterocycles. The Bertz CT molecular complexity index is 672. The van der Waals surface area contributed by atoms with E-state index in [0.29, 0.717) is 19.0 Å². The van der Waals surface area contributed by atoms with Crippen molar-refractivity contribution in [1.29, 1.82) is 0 Å². The first-order chi connectivity index (χ1) is 9.98. The number of hydrogen-bond donors (Lipinski definition) is 1. The standard InChI is InChI=1S/C15H18FNO3S/c1-2-17(11-12-5-6-12)21(19,20)15-8-7-14(16)10-13(15)4-3-9-18/h7-8,10,12,18H,2,5-6,9,11H2,1H3. The summed E-state index contributed by atoms with van der Waals surface area (Å²) in [6.07, 6.45) is 2.10. The van der Waals surface area contributed by atoms with Crippen molar-refractivity contribution in [3.8, 4) is 11.8 Å². The van der Waals surface area contributed by atoms with Gasteiger partial charge in [0.2, 0.25) is 10.0 Å². The quantitative estimate of drug-likeness (QED) is 0.840. The molecular weight excluding hydrogens is 293 g/mol. The molecule has 1 aliphatic rings. The molecule has 1 aliphatic carbocycles. The Morgan fingerprint density at radius 1 is 1.43 bits per heavy atom. The van der Waals surface area contributed by atoms with E-state index >= 15 is 0 Å². The van der Waals surface area contributed by atoms with Crippen LogP contribution in [0.1, 0.15) is 25.3 Å². The van der Waals surface area contributed by atoms with Crippen LogP contribution >= 0.6 is 0 Å². The summed E-state index contributed by atoms with van der Waals surface area (Å²) in [5.74, 6) is 4.75. The molecule has 1 N–H and O–H groups in total. The lowest BCUT2D eigenvalue weighted by atomic mass is 10.2. The van der Waals surface area contributed by atoms with Crippen LogP contribution < -0.4 is 0 Å². The molecule has 0 saturated heterocycles. The van der Waals surface area contributed by atoms with E-state index in [1.165, 1.54) is 10.4 Å². The van der Waals surface area contributed by atoms with Crippen molar-refractivity contribution in [2.24, 2.45) is 5.92 Å². The van der Waals surface area contributed by atoms with Gasteiger partial charge < -0.3 is 5.11 Å². The highest BCUT2D eigenvalue weighted by atomic mass is 32.2. The lowest BCUT2D eigenvalue weighted by molar-refractivity contribution is 0.350. The normalized spacial score (nSPS) is 14.9. The van der Waals surface area contributed by atoms with Crippen LogP contribution in [-0.2, 0) is 10.0 Å². The molecule has 1 saturated carbocycles. The van der Waals surface area contributed by atoms with E-state index in [-0.39, 0.29) is 10.5 Å². The Kier molecular flexibility index (Phi) is 4.99. The minimum atomic E-state index is -3.70. The highest BCUT2D eigenvalue weighted by Crippen LogP contribution is 2.32. The Balaban J connectivity index is 2.42. The smallest absolute Gasteiger partial charge is 0.244 e. The topological polar surface area (TPSA) is 57.6 Å². The van der Waals surface area contributed by atoms with Crippen LogP contribution in [-0.4, -0.2) is 37.5 Å². The van der Waals surface area contributed by atoms with Gasteiger partial charge in [-0.05, 0) is 37.0 Å². The molecule has 0 aromatic heterocycles. The molecule has 0 unspecified atom stereocenters. The number of rotatable bonds is 5. The van der Waals surface area contributed by atoms with E-state index < -0.39 is 22.4 Å². The van der Waals surface area contributed by atoms with Crippen LogP contribution in [0.25, 0.3) is 0 Å². The minimum Gasteiger partial charge on any atom is -0.384 e. The summed E-state index contributed by atoms with van der Waals surface area (Å²) in [5.41, 5.74) is 0.0818. The molecule has 114 valence electrons. The summed E-state index contributed by atoms with van der Waals surface area (Å²) in [6, 6.07) is 3.43. The van der Waals surface area contributed by atoms with E-state index in [2.05, 4.69) is 11.8 Å². The zero-order valence-electron chi connectivity index (χ0n) is 11.8. The Morgan fingerprint density at radius 3 is 2.71 bits per heavy atom. The van der Waals surface area contributed by atoms with Gasteiger partial charge in [-0.3, -0.25) is 0 Å². The van der Waals surface area contributed by atoms with Crippen molar-refractivity contribution in [2.75, 3.05) is 19.7 Å². The average Bonchev–Trinajstić information content (AvgIpc) is 3.26. The predicted octanol–water partition coefficient (Wildman–Crippen LogP) is 1.59. The second-order valence-electron chi connectivity index (χ2n) is 5.00. The lowest BCUT2D eigenvalue weighted by Crippen LogP contribution is -2.33. The molecule has 1 fully saturated rings. The number of sulfonamides is 1. The molecule has 1 aromatic rings. The van der Waals surface area contributed by atoms with Crippen molar-refractivity contribution < 1.29 is 17.9 Å².